The zero-order valence-corrected chi connectivity index (χ0v) is 14.2. The summed E-state index contributed by atoms with van der Waals surface area (Å²) in [7, 11) is 0. The number of carbonyl (C=O) groups is 1. The van der Waals surface area contributed by atoms with Crippen LogP contribution in [0.15, 0.2) is 45.3 Å². The number of nitrogens with zero attached hydrogens (tertiary/aromatic N) is 1. The van der Waals surface area contributed by atoms with E-state index in [0.717, 1.165) is 8.66 Å². The molecule has 1 atom stereocenters. The van der Waals surface area contributed by atoms with Crippen molar-refractivity contribution in [2.45, 2.75) is 13.0 Å². The van der Waals surface area contributed by atoms with E-state index in [1.165, 1.54) is 11.3 Å². The Balaban J connectivity index is 1.85. The molecule has 1 N–H and O–H groups in total. The first-order valence-corrected chi connectivity index (χ1v) is 8.04. The third kappa shape index (κ3) is 5.15. The van der Waals surface area contributed by atoms with Crippen molar-refractivity contribution < 1.29 is 9.53 Å². The highest BCUT2D eigenvalue weighted by Crippen LogP contribution is 2.20. The summed E-state index contributed by atoms with van der Waals surface area (Å²) in [6, 6.07) is 10.6. The van der Waals surface area contributed by atoms with Crippen LogP contribution in [-0.2, 0) is 4.79 Å². The molecule has 0 aliphatic carbocycles. The molecule has 0 saturated carbocycles. The maximum absolute atomic E-state index is 11.8. The number of hydrogen-bond donors (Lipinski definition) is 1. The highest BCUT2D eigenvalue weighted by Gasteiger charge is 2.13. The van der Waals surface area contributed by atoms with Gasteiger partial charge in [-0.25, -0.2) is 5.43 Å². The number of nitrogens with one attached hydrogen (secondary N) is 1. The van der Waals surface area contributed by atoms with E-state index >= 15 is 0 Å². The summed E-state index contributed by atoms with van der Waals surface area (Å²) >= 11 is 10.7. The van der Waals surface area contributed by atoms with E-state index in [-0.39, 0.29) is 5.91 Å². The van der Waals surface area contributed by atoms with Crippen molar-refractivity contribution >= 4 is 51.0 Å². The zero-order chi connectivity index (χ0) is 15.2. The molecule has 0 radical (unpaired) electrons. The molecule has 110 valence electrons. The van der Waals surface area contributed by atoms with Crippen LogP contribution < -0.4 is 10.2 Å². The van der Waals surface area contributed by atoms with Gasteiger partial charge in [-0.1, -0.05) is 11.6 Å². The van der Waals surface area contributed by atoms with Crippen LogP contribution in [-0.4, -0.2) is 18.2 Å². The number of hydrazone groups is 1. The molecule has 1 aromatic carbocycles. The summed E-state index contributed by atoms with van der Waals surface area (Å²) in [5.41, 5.74) is 2.44. The van der Waals surface area contributed by atoms with Crippen LogP contribution in [0.2, 0.25) is 5.02 Å². The van der Waals surface area contributed by atoms with Gasteiger partial charge in [-0.3, -0.25) is 4.79 Å². The molecular weight excluding hydrogens is 376 g/mol. The van der Waals surface area contributed by atoms with Crippen molar-refractivity contribution in [2.75, 3.05) is 0 Å². The van der Waals surface area contributed by atoms with Gasteiger partial charge < -0.3 is 4.74 Å². The van der Waals surface area contributed by atoms with Gasteiger partial charge in [0.2, 0.25) is 0 Å². The number of halogens is 2. The predicted molar refractivity (Wildman–Crippen MR) is 89.3 cm³/mol. The van der Waals surface area contributed by atoms with Gasteiger partial charge in [0.25, 0.3) is 5.91 Å². The van der Waals surface area contributed by atoms with Crippen LogP contribution in [0.5, 0.6) is 5.75 Å². The smallest absolute Gasteiger partial charge is 0.280 e. The molecule has 7 heteroatoms. The second-order valence-corrected chi connectivity index (χ2v) is 7.02. The second kappa shape index (κ2) is 7.59. The molecule has 1 heterocycles. The Hall–Kier alpha value is -1.37. The van der Waals surface area contributed by atoms with Crippen LogP contribution >= 0.6 is 38.9 Å². The van der Waals surface area contributed by atoms with E-state index in [1.807, 2.05) is 12.1 Å². The Labute approximate surface area is 139 Å². The molecule has 0 aliphatic rings. The van der Waals surface area contributed by atoms with E-state index in [4.69, 9.17) is 16.3 Å². The quantitative estimate of drug-likeness (QED) is 0.621. The average Bonchev–Trinajstić information content (AvgIpc) is 2.87. The first kappa shape index (κ1) is 16.0. The minimum absolute atomic E-state index is 0.322. The Morgan fingerprint density at radius 1 is 1.38 bits per heavy atom. The third-order valence-corrected chi connectivity index (χ3v) is 4.27. The summed E-state index contributed by atoms with van der Waals surface area (Å²) in [4.78, 5) is 12.8. The lowest BCUT2D eigenvalue weighted by atomic mass is 10.3. The van der Waals surface area contributed by atoms with Crippen LogP contribution in [0.4, 0.5) is 0 Å². The van der Waals surface area contributed by atoms with Crippen molar-refractivity contribution in [2.24, 2.45) is 5.10 Å². The number of thiophene rings is 1. The molecule has 1 amide bonds. The Bertz CT molecular complexity index is 643. The molecular formula is C14H12BrClN2O2S. The van der Waals surface area contributed by atoms with E-state index in [9.17, 15) is 4.79 Å². The molecule has 4 nitrogen and oxygen atoms in total. The maximum atomic E-state index is 11.8. The average molecular weight is 388 g/mol. The highest BCUT2D eigenvalue weighted by molar-refractivity contribution is 9.11. The maximum Gasteiger partial charge on any atom is 0.280 e. The van der Waals surface area contributed by atoms with E-state index in [2.05, 4.69) is 26.5 Å². The highest BCUT2D eigenvalue weighted by atomic mass is 79.9. The van der Waals surface area contributed by atoms with Crippen LogP contribution in [0.25, 0.3) is 0 Å². The van der Waals surface area contributed by atoms with Gasteiger partial charge in [0.1, 0.15) is 5.75 Å². The van der Waals surface area contributed by atoms with Gasteiger partial charge >= 0.3 is 0 Å². The number of benzene rings is 1. The largest absolute Gasteiger partial charge is 0.481 e. The molecule has 2 rings (SSSR count). The van der Waals surface area contributed by atoms with Crippen molar-refractivity contribution in [3.05, 3.63) is 50.1 Å². The van der Waals surface area contributed by atoms with Crippen molar-refractivity contribution in [3.8, 4) is 5.75 Å². The molecule has 0 unspecified atom stereocenters. The molecule has 0 fully saturated rings. The lowest BCUT2D eigenvalue weighted by Crippen LogP contribution is -2.33. The van der Waals surface area contributed by atoms with Crippen molar-refractivity contribution in [3.63, 3.8) is 0 Å². The lowest BCUT2D eigenvalue weighted by Gasteiger charge is -2.12. The number of hydrogen-bond acceptors (Lipinski definition) is 4. The fourth-order valence-corrected chi connectivity index (χ4v) is 2.84. The minimum atomic E-state index is -0.654. The SMILES string of the molecule is C[C@@H](Oc1ccc(Cl)cc1)C(=O)N/N=C\c1ccc(Br)s1. The lowest BCUT2D eigenvalue weighted by molar-refractivity contribution is -0.127. The third-order valence-electron chi connectivity index (χ3n) is 2.46. The Morgan fingerprint density at radius 2 is 2.10 bits per heavy atom. The van der Waals surface area contributed by atoms with Gasteiger partial charge in [-0.2, -0.15) is 5.10 Å². The molecule has 0 aliphatic heterocycles. The standard InChI is InChI=1S/C14H12BrClN2O2S/c1-9(20-11-4-2-10(16)3-5-11)14(19)18-17-8-12-6-7-13(15)21-12/h2-9H,1H3,(H,18,19)/b17-8-/t9-/m1/s1. The fourth-order valence-electron chi connectivity index (χ4n) is 1.42. The van der Waals surface area contributed by atoms with Gasteiger partial charge in [-0.05, 0) is 59.3 Å². The Morgan fingerprint density at radius 3 is 2.71 bits per heavy atom. The van der Waals surface area contributed by atoms with Crippen LogP contribution in [0.1, 0.15) is 11.8 Å². The van der Waals surface area contributed by atoms with Crippen LogP contribution in [0, 0.1) is 0 Å². The second-order valence-electron chi connectivity index (χ2n) is 4.09. The zero-order valence-electron chi connectivity index (χ0n) is 11.0. The van der Waals surface area contributed by atoms with Gasteiger partial charge in [-0.15, -0.1) is 11.3 Å². The molecule has 2 aromatic rings. The first-order chi connectivity index (χ1) is 10.0. The molecule has 0 bridgehead atoms. The molecule has 0 saturated heterocycles. The number of amides is 1. The van der Waals surface area contributed by atoms with Crippen molar-refractivity contribution in [1.82, 2.24) is 5.43 Å². The first-order valence-electron chi connectivity index (χ1n) is 6.05. The molecule has 21 heavy (non-hydrogen) atoms. The number of rotatable bonds is 5. The van der Waals surface area contributed by atoms with Crippen LogP contribution in [0.3, 0.4) is 0 Å². The monoisotopic (exact) mass is 386 g/mol. The topological polar surface area (TPSA) is 50.7 Å². The fraction of sp³-hybridized carbons (Fsp3) is 0.143. The van der Waals surface area contributed by atoms with E-state index in [0.29, 0.717) is 10.8 Å². The van der Waals surface area contributed by atoms with Crippen molar-refractivity contribution in [1.29, 1.82) is 0 Å². The number of ether oxygens (including phenoxy) is 1. The summed E-state index contributed by atoms with van der Waals surface area (Å²) in [6.07, 6.45) is 0.931. The summed E-state index contributed by atoms with van der Waals surface area (Å²) in [5, 5.41) is 4.51. The van der Waals surface area contributed by atoms with Gasteiger partial charge in [0, 0.05) is 9.90 Å². The summed E-state index contributed by atoms with van der Waals surface area (Å²) in [6.45, 7) is 1.65. The Kier molecular flexibility index (Phi) is 5.78. The summed E-state index contributed by atoms with van der Waals surface area (Å²) < 4.78 is 6.50. The normalized spacial score (nSPS) is 12.3. The predicted octanol–water partition coefficient (Wildman–Crippen LogP) is 4.08. The van der Waals surface area contributed by atoms with Gasteiger partial charge in [0.05, 0.1) is 10.0 Å². The van der Waals surface area contributed by atoms with Gasteiger partial charge in [0.15, 0.2) is 6.10 Å². The van der Waals surface area contributed by atoms with E-state index < -0.39 is 6.10 Å². The minimum Gasteiger partial charge on any atom is -0.481 e. The molecule has 1 aromatic heterocycles. The molecule has 0 spiro atoms. The summed E-state index contributed by atoms with van der Waals surface area (Å²) in [5.74, 6) is 0.255. The van der Waals surface area contributed by atoms with E-state index in [1.54, 1.807) is 37.4 Å². The number of carbonyl (C=O) groups excluding carboxylic acids is 1.